The maximum absolute atomic E-state index is 13.2. The Hall–Kier alpha value is -2.68. The summed E-state index contributed by atoms with van der Waals surface area (Å²) in [6.07, 6.45) is 0. The zero-order valence-corrected chi connectivity index (χ0v) is 25.7. The first-order valence-electron chi connectivity index (χ1n) is 12.5. The van der Waals surface area contributed by atoms with Crippen LogP contribution in [0.3, 0.4) is 0 Å². The number of benzene rings is 2. The summed E-state index contributed by atoms with van der Waals surface area (Å²) >= 11 is 7.98. The molecule has 5 aromatic rings. The number of aryl methyl sites for hydroxylation is 2. The fraction of sp³-hybridized carbons (Fsp3) is 0.125. The Morgan fingerprint density at radius 3 is 1.74 bits per heavy atom. The molecule has 2 aliphatic rings. The predicted molar refractivity (Wildman–Crippen MR) is 170 cm³/mol. The van der Waals surface area contributed by atoms with Crippen molar-refractivity contribution in [2.75, 3.05) is 0 Å². The van der Waals surface area contributed by atoms with Gasteiger partial charge in [-0.25, -0.2) is 0 Å². The highest BCUT2D eigenvalue weighted by atomic mass is 32.2. The Morgan fingerprint density at radius 2 is 1.10 bits per heavy atom. The quantitative estimate of drug-likeness (QED) is 0.194. The zero-order valence-electron chi connectivity index (χ0n) is 21.6. The lowest BCUT2D eigenvalue weighted by molar-refractivity contribution is -0.107. The summed E-state index contributed by atoms with van der Waals surface area (Å²) in [4.78, 5) is 35.9. The fourth-order valence-corrected chi connectivity index (χ4v) is 10.7. The summed E-state index contributed by atoms with van der Waals surface area (Å²) in [5, 5.41) is -0.0921. The van der Waals surface area contributed by atoms with Crippen LogP contribution in [0.5, 0.6) is 0 Å². The summed E-state index contributed by atoms with van der Waals surface area (Å²) in [6, 6.07) is 21.0. The first-order chi connectivity index (χ1) is 18.8. The molecule has 2 aromatic carbocycles. The Balaban J connectivity index is 1.25. The van der Waals surface area contributed by atoms with Gasteiger partial charge in [-0.15, -0.1) is 34.0 Å². The van der Waals surface area contributed by atoms with Crippen molar-refractivity contribution in [1.82, 2.24) is 0 Å². The summed E-state index contributed by atoms with van der Waals surface area (Å²) in [7, 11) is 0. The van der Waals surface area contributed by atoms with Crippen LogP contribution >= 0.6 is 57.5 Å². The van der Waals surface area contributed by atoms with Gasteiger partial charge < -0.3 is 0 Å². The van der Waals surface area contributed by atoms with Gasteiger partial charge in [0.2, 0.25) is 10.2 Å². The lowest BCUT2D eigenvalue weighted by Gasteiger charge is -2.06. The van der Waals surface area contributed by atoms with E-state index in [1.807, 2.05) is 53.9 Å². The SMILES string of the molecule is Cc1ccc2c(c1)SC(=O)/C2=C1/C(=O)Sc2cc(-c3ccc(-c4sc(-c5ccc(C)s5)c(C)c4C)s3)ccc21. The minimum Gasteiger partial charge on any atom is -0.281 e. The molecule has 192 valence electrons. The van der Waals surface area contributed by atoms with Crippen molar-refractivity contribution in [2.24, 2.45) is 0 Å². The van der Waals surface area contributed by atoms with Gasteiger partial charge in [-0.2, -0.15) is 0 Å². The molecule has 0 radical (unpaired) electrons. The van der Waals surface area contributed by atoms with Crippen LogP contribution in [0.2, 0.25) is 0 Å². The number of thiophene rings is 3. The molecule has 39 heavy (non-hydrogen) atoms. The van der Waals surface area contributed by atoms with Gasteiger partial charge in [0.1, 0.15) is 0 Å². The maximum Gasteiger partial charge on any atom is 0.225 e. The van der Waals surface area contributed by atoms with Gasteiger partial charge in [0, 0.05) is 61.3 Å². The molecule has 0 saturated heterocycles. The van der Waals surface area contributed by atoms with Crippen LogP contribution in [-0.4, -0.2) is 10.2 Å². The van der Waals surface area contributed by atoms with E-state index >= 15 is 0 Å². The third-order valence-electron chi connectivity index (χ3n) is 7.25. The number of carbonyl (C=O) groups is 2. The number of rotatable bonds is 3. The number of hydrogen-bond donors (Lipinski definition) is 0. The van der Waals surface area contributed by atoms with Gasteiger partial charge in [-0.05, 0) is 110 Å². The topological polar surface area (TPSA) is 34.1 Å². The first-order valence-corrected chi connectivity index (χ1v) is 16.6. The van der Waals surface area contributed by atoms with Crippen LogP contribution in [0.15, 0.2) is 70.5 Å². The van der Waals surface area contributed by atoms with Crippen LogP contribution in [0.1, 0.15) is 32.7 Å². The third kappa shape index (κ3) is 4.14. The third-order valence-corrected chi connectivity index (χ3v) is 13.0. The van der Waals surface area contributed by atoms with E-state index < -0.39 is 0 Å². The standard InChI is InChI=1S/C32H22O2S5/c1-15-5-8-20-25(13-15)37-31(33)27(20)28-21-9-7-19(14-26(21)38-32(28)34)22-11-12-24(36-22)30-18(4)17(3)29(39-30)23-10-6-16(2)35-23/h5-14H,1-4H3/b28-27+. The molecule has 0 amide bonds. The molecular weight excluding hydrogens is 577 g/mol. The minimum atomic E-state index is -0.0487. The van der Waals surface area contributed by atoms with E-state index in [4.69, 9.17) is 0 Å². The highest BCUT2D eigenvalue weighted by Gasteiger charge is 2.36. The molecule has 0 spiro atoms. The highest BCUT2D eigenvalue weighted by molar-refractivity contribution is 8.16. The molecule has 0 atom stereocenters. The second-order valence-electron chi connectivity index (χ2n) is 9.82. The number of thioether (sulfide) groups is 2. The summed E-state index contributed by atoms with van der Waals surface area (Å²) < 4.78 is 0. The second-order valence-corrected chi connectivity index (χ2v) is 15.2. The maximum atomic E-state index is 13.2. The van der Waals surface area contributed by atoms with Crippen molar-refractivity contribution >= 4 is 78.9 Å². The molecule has 7 heteroatoms. The molecule has 5 heterocycles. The summed E-state index contributed by atoms with van der Waals surface area (Å²) in [5.74, 6) is 0. The van der Waals surface area contributed by atoms with Crippen molar-refractivity contribution in [3.63, 3.8) is 0 Å². The Bertz CT molecular complexity index is 1900. The minimum absolute atomic E-state index is 0.0435. The lowest BCUT2D eigenvalue weighted by atomic mass is 9.95. The molecule has 0 saturated carbocycles. The normalized spacial score (nSPS) is 16.3. The Kier molecular flexibility index (Phi) is 6.14. The molecule has 3 aromatic heterocycles. The lowest BCUT2D eigenvalue weighted by Crippen LogP contribution is -1.99. The number of carbonyl (C=O) groups excluding carboxylic acids is 2. The van der Waals surface area contributed by atoms with E-state index in [1.54, 1.807) is 11.3 Å². The Morgan fingerprint density at radius 1 is 0.538 bits per heavy atom. The van der Waals surface area contributed by atoms with Crippen LogP contribution in [-0.2, 0) is 9.59 Å². The van der Waals surface area contributed by atoms with Gasteiger partial charge in [-0.1, -0.05) is 24.3 Å². The van der Waals surface area contributed by atoms with Gasteiger partial charge in [0.15, 0.2) is 0 Å². The molecule has 0 bridgehead atoms. The van der Waals surface area contributed by atoms with Crippen molar-refractivity contribution in [2.45, 2.75) is 37.5 Å². The second kappa shape index (κ2) is 9.46. The monoisotopic (exact) mass is 598 g/mol. The molecule has 2 aliphatic heterocycles. The van der Waals surface area contributed by atoms with Gasteiger partial charge >= 0.3 is 0 Å². The van der Waals surface area contributed by atoms with E-state index in [1.165, 1.54) is 63.9 Å². The van der Waals surface area contributed by atoms with Gasteiger partial charge in [0.25, 0.3) is 0 Å². The van der Waals surface area contributed by atoms with Crippen molar-refractivity contribution in [1.29, 1.82) is 0 Å². The van der Waals surface area contributed by atoms with Gasteiger partial charge in [0.05, 0.1) is 0 Å². The molecule has 2 nitrogen and oxygen atoms in total. The van der Waals surface area contributed by atoms with Crippen molar-refractivity contribution in [3.05, 3.63) is 93.4 Å². The van der Waals surface area contributed by atoms with Crippen LogP contribution in [0, 0.1) is 27.7 Å². The largest absolute Gasteiger partial charge is 0.281 e. The fourth-order valence-electron chi connectivity index (χ4n) is 5.12. The van der Waals surface area contributed by atoms with E-state index in [2.05, 4.69) is 57.2 Å². The number of hydrogen-bond acceptors (Lipinski definition) is 7. The average Bonchev–Trinajstić information content (AvgIpc) is 3.71. The van der Waals surface area contributed by atoms with E-state index in [0.29, 0.717) is 11.1 Å². The van der Waals surface area contributed by atoms with Crippen LogP contribution < -0.4 is 0 Å². The molecule has 0 unspecified atom stereocenters. The summed E-state index contributed by atoms with van der Waals surface area (Å²) in [6.45, 7) is 8.62. The molecule has 0 aliphatic carbocycles. The van der Waals surface area contributed by atoms with Crippen LogP contribution in [0.4, 0.5) is 0 Å². The van der Waals surface area contributed by atoms with E-state index in [-0.39, 0.29) is 10.2 Å². The zero-order chi connectivity index (χ0) is 27.0. The number of fused-ring (bicyclic) bond motifs is 2. The van der Waals surface area contributed by atoms with Gasteiger partial charge in [-0.3, -0.25) is 9.59 Å². The molecule has 7 rings (SSSR count). The Labute approximate surface area is 247 Å². The smallest absolute Gasteiger partial charge is 0.225 e. The predicted octanol–water partition coefficient (Wildman–Crippen LogP) is 10.3. The van der Waals surface area contributed by atoms with Crippen molar-refractivity contribution < 1.29 is 9.59 Å². The molecule has 0 N–H and O–H groups in total. The molecule has 0 fully saturated rings. The van der Waals surface area contributed by atoms with E-state index in [0.717, 1.165) is 32.0 Å². The van der Waals surface area contributed by atoms with E-state index in [9.17, 15) is 9.59 Å². The van der Waals surface area contributed by atoms with Crippen LogP contribution in [0.25, 0.3) is 41.1 Å². The molecular formula is C32H22O2S5. The van der Waals surface area contributed by atoms with Crippen molar-refractivity contribution in [3.8, 4) is 29.9 Å². The first kappa shape index (κ1) is 25.3. The summed E-state index contributed by atoms with van der Waals surface area (Å²) in [5.41, 5.74) is 7.75. The highest BCUT2D eigenvalue weighted by Crippen LogP contribution is 2.52. The average molecular weight is 599 g/mol.